The van der Waals surface area contributed by atoms with Gasteiger partial charge in [0.1, 0.15) is 0 Å². The molecular weight excluding hydrogens is 617 g/mol. The van der Waals surface area contributed by atoms with Crippen LogP contribution >= 0.6 is 11.3 Å². The molecule has 4 nitrogen and oxygen atoms in total. The van der Waals surface area contributed by atoms with Gasteiger partial charge in [0.25, 0.3) is 0 Å². The fourth-order valence-electron chi connectivity index (χ4n) is 8.25. The van der Waals surface area contributed by atoms with Crippen LogP contribution in [0.25, 0.3) is 69.8 Å². The minimum atomic E-state index is 0.0521. The molecule has 11 rings (SSSR count). The Hall–Kier alpha value is -6.04. The first-order valence-electron chi connectivity index (χ1n) is 16.8. The SMILES string of the molecule is C1=CC2c3c(ccc4c3c3ccccc3n4-c3ccccc3)N(c3nc(-c4ccccc4)c4sc5c6ccccc6ccc5c4n3)C2C=C1. The minimum absolute atomic E-state index is 0.0521. The van der Waals surface area contributed by atoms with E-state index in [-0.39, 0.29) is 12.0 Å². The zero-order valence-electron chi connectivity index (χ0n) is 26.4. The lowest BCUT2D eigenvalue weighted by molar-refractivity contribution is 0.734. The summed E-state index contributed by atoms with van der Waals surface area (Å²) in [4.78, 5) is 13.4. The average Bonchev–Trinajstić information content (AvgIpc) is 3.83. The van der Waals surface area contributed by atoms with Gasteiger partial charge in [-0.3, -0.25) is 0 Å². The van der Waals surface area contributed by atoms with Crippen molar-refractivity contribution in [2.45, 2.75) is 12.0 Å². The Morgan fingerprint density at radius 2 is 1.33 bits per heavy atom. The van der Waals surface area contributed by atoms with Crippen molar-refractivity contribution in [2.24, 2.45) is 0 Å². The molecule has 9 aromatic rings. The molecule has 0 saturated carbocycles. The van der Waals surface area contributed by atoms with Gasteiger partial charge in [-0.25, -0.2) is 9.97 Å². The van der Waals surface area contributed by atoms with Gasteiger partial charge in [-0.2, -0.15) is 0 Å². The van der Waals surface area contributed by atoms with Crippen molar-refractivity contribution in [1.82, 2.24) is 14.5 Å². The van der Waals surface area contributed by atoms with E-state index in [1.54, 1.807) is 11.3 Å². The molecular formula is C44H28N4S. The molecule has 230 valence electrons. The number of hydrogen-bond donors (Lipinski definition) is 0. The quantitative estimate of drug-likeness (QED) is 0.192. The van der Waals surface area contributed by atoms with E-state index >= 15 is 0 Å². The zero-order chi connectivity index (χ0) is 32.1. The maximum Gasteiger partial charge on any atom is 0.231 e. The van der Waals surface area contributed by atoms with E-state index in [2.05, 4.69) is 167 Å². The number of rotatable bonds is 3. The first-order chi connectivity index (χ1) is 24.3. The Morgan fingerprint density at radius 1 is 0.571 bits per heavy atom. The topological polar surface area (TPSA) is 34.0 Å². The molecule has 1 aliphatic heterocycles. The van der Waals surface area contributed by atoms with Gasteiger partial charge >= 0.3 is 0 Å². The van der Waals surface area contributed by atoms with Crippen molar-refractivity contribution in [3.63, 3.8) is 0 Å². The summed E-state index contributed by atoms with van der Waals surface area (Å²) in [7, 11) is 0. The molecule has 6 aromatic carbocycles. The van der Waals surface area contributed by atoms with E-state index in [1.165, 1.54) is 48.2 Å². The molecule has 0 saturated heterocycles. The molecule has 0 N–H and O–H groups in total. The van der Waals surface area contributed by atoms with Gasteiger partial charge in [-0.05, 0) is 46.7 Å². The second-order valence-corrected chi connectivity index (χ2v) is 13.9. The molecule has 0 fully saturated rings. The molecule has 4 heterocycles. The number of benzene rings is 6. The number of thiophene rings is 1. The van der Waals surface area contributed by atoms with Crippen LogP contribution in [0.3, 0.4) is 0 Å². The summed E-state index contributed by atoms with van der Waals surface area (Å²) in [6.45, 7) is 0. The summed E-state index contributed by atoms with van der Waals surface area (Å²) < 4.78 is 4.79. The van der Waals surface area contributed by atoms with Gasteiger partial charge in [0.15, 0.2) is 0 Å². The molecule has 2 aliphatic rings. The second kappa shape index (κ2) is 10.2. The van der Waals surface area contributed by atoms with Gasteiger partial charge in [0.2, 0.25) is 5.95 Å². The molecule has 5 heteroatoms. The van der Waals surface area contributed by atoms with Crippen molar-refractivity contribution >= 4 is 75.9 Å². The summed E-state index contributed by atoms with van der Waals surface area (Å²) in [5.74, 6) is 0.889. The summed E-state index contributed by atoms with van der Waals surface area (Å²) in [6.07, 6.45) is 9.05. The fraction of sp³-hybridized carbons (Fsp3) is 0.0455. The lowest BCUT2D eigenvalue weighted by Crippen LogP contribution is -2.30. The Bertz CT molecular complexity index is 2850. The third kappa shape index (κ3) is 3.79. The van der Waals surface area contributed by atoms with Crippen LogP contribution in [0.15, 0.2) is 158 Å². The van der Waals surface area contributed by atoms with Crippen LogP contribution in [-0.4, -0.2) is 20.6 Å². The average molecular weight is 645 g/mol. The highest BCUT2D eigenvalue weighted by Gasteiger charge is 2.41. The lowest BCUT2D eigenvalue weighted by atomic mass is 9.89. The molecule has 2 unspecified atom stereocenters. The van der Waals surface area contributed by atoms with Crippen molar-refractivity contribution in [2.75, 3.05) is 4.90 Å². The van der Waals surface area contributed by atoms with E-state index in [9.17, 15) is 0 Å². The number of fused-ring (bicyclic) bond motifs is 12. The van der Waals surface area contributed by atoms with E-state index in [0.717, 1.165) is 38.8 Å². The first-order valence-corrected chi connectivity index (χ1v) is 17.6. The number of allylic oxidation sites excluding steroid dienone is 2. The van der Waals surface area contributed by atoms with Crippen LogP contribution in [0.5, 0.6) is 0 Å². The second-order valence-electron chi connectivity index (χ2n) is 12.9. The van der Waals surface area contributed by atoms with Crippen molar-refractivity contribution in [3.05, 3.63) is 163 Å². The normalized spacial score (nSPS) is 16.8. The van der Waals surface area contributed by atoms with Gasteiger partial charge in [-0.15, -0.1) is 11.3 Å². The van der Waals surface area contributed by atoms with Gasteiger partial charge in [0.05, 0.1) is 33.0 Å². The Kier molecular flexibility index (Phi) is 5.63. The highest BCUT2D eigenvalue weighted by Crippen LogP contribution is 2.53. The van der Waals surface area contributed by atoms with Gasteiger partial charge in [0, 0.05) is 43.7 Å². The molecule has 2 atom stereocenters. The highest BCUT2D eigenvalue weighted by molar-refractivity contribution is 7.27. The van der Waals surface area contributed by atoms with E-state index in [4.69, 9.17) is 9.97 Å². The minimum Gasteiger partial charge on any atom is -0.309 e. The van der Waals surface area contributed by atoms with Crippen LogP contribution in [0.1, 0.15) is 11.5 Å². The van der Waals surface area contributed by atoms with Crippen LogP contribution < -0.4 is 4.90 Å². The van der Waals surface area contributed by atoms with Crippen LogP contribution in [0.2, 0.25) is 0 Å². The third-order valence-electron chi connectivity index (χ3n) is 10.3. The summed E-state index contributed by atoms with van der Waals surface area (Å²) in [5.41, 5.74) is 9.18. The van der Waals surface area contributed by atoms with Crippen LogP contribution in [-0.2, 0) is 0 Å². The maximum atomic E-state index is 5.49. The van der Waals surface area contributed by atoms with Gasteiger partial charge in [-0.1, -0.05) is 127 Å². The number of aromatic nitrogens is 3. The Morgan fingerprint density at radius 3 is 2.20 bits per heavy atom. The Balaban J connectivity index is 1.22. The van der Waals surface area contributed by atoms with Gasteiger partial charge < -0.3 is 9.47 Å². The van der Waals surface area contributed by atoms with E-state index in [1.807, 2.05) is 0 Å². The standard InChI is InChI=1S/C44H28N4S/c1-3-14-28(15-4-1)40-43-41(33-24-23-27-13-7-8-18-30(27)42(33)49-43)46-44(45-40)48-35-22-12-10-20-32(35)39-37(48)26-25-36-38(39)31-19-9-11-21-34(31)47(36)29-16-5-2-6-17-29/h1-26,32,35H. The molecule has 3 aromatic heterocycles. The number of nitrogens with zero attached hydrogens (tertiary/aromatic N) is 4. The molecule has 0 radical (unpaired) electrons. The molecule has 0 amide bonds. The van der Waals surface area contributed by atoms with Crippen molar-refractivity contribution in [1.29, 1.82) is 0 Å². The number of anilines is 2. The smallest absolute Gasteiger partial charge is 0.231 e. The Labute approximate surface area is 286 Å². The predicted molar refractivity (Wildman–Crippen MR) is 206 cm³/mol. The monoisotopic (exact) mass is 644 g/mol. The van der Waals surface area contributed by atoms with Crippen LogP contribution in [0.4, 0.5) is 11.6 Å². The zero-order valence-corrected chi connectivity index (χ0v) is 27.2. The molecule has 0 bridgehead atoms. The molecule has 49 heavy (non-hydrogen) atoms. The molecule has 1 aliphatic carbocycles. The highest BCUT2D eigenvalue weighted by atomic mass is 32.1. The first kappa shape index (κ1) is 27.0. The predicted octanol–water partition coefficient (Wildman–Crippen LogP) is 11.5. The third-order valence-corrected chi connectivity index (χ3v) is 11.6. The van der Waals surface area contributed by atoms with Crippen molar-refractivity contribution in [3.8, 4) is 16.9 Å². The number of hydrogen-bond acceptors (Lipinski definition) is 4. The van der Waals surface area contributed by atoms with Crippen molar-refractivity contribution < 1.29 is 0 Å². The number of para-hydroxylation sites is 2. The maximum absolute atomic E-state index is 5.49. The van der Waals surface area contributed by atoms with E-state index < -0.39 is 0 Å². The van der Waals surface area contributed by atoms with E-state index in [0.29, 0.717) is 0 Å². The van der Waals surface area contributed by atoms with Crippen LogP contribution in [0, 0.1) is 0 Å². The lowest BCUT2D eigenvalue weighted by Gasteiger charge is -2.27. The largest absolute Gasteiger partial charge is 0.309 e. The summed E-state index contributed by atoms with van der Waals surface area (Å²) in [6, 6.07) is 47.9. The summed E-state index contributed by atoms with van der Waals surface area (Å²) in [5, 5.41) is 6.24. The summed E-state index contributed by atoms with van der Waals surface area (Å²) >= 11 is 1.80. The fourth-order valence-corrected chi connectivity index (χ4v) is 9.54. The molecule has 0 spiro atoms.